The van der Waals surface area contributed by atoms with Crippen molar-refractivity contribution < 1.29 is 14.8 Å². The van der Waals surface area contributed by atoms with Crippen LogP contribution in [0.5, 0.6) is 0 Å². The second kappa shape index (κ2) is 5.89. The largest absolute Gasteiger partial charge is 0.411 e. The zero-order chi connectivity index (χ0) is 20.5. The van der Waals surface area contributed by atoms with Crippen molar-refractivity contribution in [3.8, 4) is 0 Å². The van der Waals surface area contributed by atoms with Gasteiger partial charge in [-0.25, -0.2) is 4.90 Å². The van der Waals surface area contributed by atoms with Crippen molar-refractivity contribution in [2.24, 2.45) is 17.0 Å². The van der Waals surface area contributed by atoms with Crippen LogP contribution in [0.15, 0.2) is 84.0 Å². The van der Waals surface area contributed by atoms with Gasteiger partial charge in [-0.05, 0) is 34.4 Å². The van der Waals surface area contributed by atoms with E-state index < -0.39 is 17.3 Å². The Morgan fingerprint density at radius 3 is 1.97 bits per heavy atom. The maximum atomic E-state index is 13.8. The number of imide groups is 1. The second-order valence-corrected chi connectivity index (χ2v) is 8.12. The minimum Gasteiger partial charge on any atom is -0.411 e. The van der Waals surface area contributed by atoms with Gasteiger partial charge in [-0.15, -0.1) is 5.16 Å². The summed E-state index contributed by atoms with van der Waals surface area (Å²) < 4.78 is 0. The number of nitrogens with zero attached hydrogens (tertiary/aromatic N) is 2. The number of anilines is 1. The first-order valence-electron chi connectivity index (χ1n) is 10.0. The molecule has 2 amide bonds. The van der Waals surface area contributed by atoms with E-state index in [0.717, 1.165) is 22.3 Å². The van der Waals surface area contributed by atoms with Gasteiger partial charge in [-0.2, -0.15) is 0 Å². The fraction of sp³-hybridized carbons (Fsp3) is 0.160. The molecule has 4 aliphatic rings. The summed E-state index contributed by atoms with van der Waals surface area (Å²) in [6.45, 7) is 0. The number of hydrogen-bond acceptors (Lipinski definition) is 4. The molecule has 0 saturated carbocycles. The van der Waals surface area contributed by atoms with Crippen molar-refractivity contribution in [2.75, 3.05) is 4.90 Å². The first-order chi connectivity index (χ1) is 14.7. The molecular weight excluding hydrogens is 376 g/mol. The zero-order valence-electron chi connectivity index (χ0n) is 16.0. The van der Waals surface area contributed by atoms with Gasteiger partial charge < -0.3 is 5.21 Å². The van der Waals surface area contributed by atoms with E-state index >= 15 is 0 Å². The van der Waals surface area contributed by atoms with Gasteiger partial charge in [0, 0.05) is 5.92 Å². The molecule has 0 spiro atoms. The summed E-state index contributed by atoms with van der Waals surface area (Å²) in [5.74, 6) is -1.84. The Hall–Kier alpha value is -3.73. The van der Waals surface area contributed by atoms with E-state index in [9.17, 15) is 14.8 Å². The second-order valence-electron chi connectivity index (χ2n) is 8.12. The third kappa shape index (κ3) is 1.85. The van der Waals surface area contributed by atoms with Crippen molar-refractivity contribution in [3.05, 3.63) is 101 Å². The van der Waals surface area contributed by atoms with Crippen molar-refractivity contribution in [3.63, 3.8) is 0 Å². The van der Waals surface area contributed by atoms with E-state index in [1.54, 1.807) is 12.1 Å². The van der Waals surface area contributed by atoms with Crippen molar-refractivity contribution >= 4 is 23.7 Å². The predicted molar refractivity (Wildman–Crippen MR) is 112 cm³/mol. The summed E-state index contributed by atoms with van der Waals surface area (Å²) in [6.07, 6.45) is 1.46. The fourth-order valence-electron chi connectivity index (χ4n) is 5.97. The summed E-state index contributed by atoms with van der Waals surface area (Å²) in [7, 11) is 0. The van der Waals surface area contributed by atoms with Gasteiger partial charge in [0.15, 0.2) is 0 Å². The summed E-state index contributed by atoms with van der Waals surface area (Å²) in [4.78, 5) is 28.8. The monoisotopic (exact) mass is 394 g/mol. The van der Waals surface area contributed by atoms with Gasteiger partial charge in [0.1, 0.15) is 0 Å². The Labute approximate surface area is 173 Å². The molecule has 0 unspecified atom stereocenters. The van der Waals surface area contributed by atoms with Gasteiger partial charge in [0.2, 0.25) is 11.8 Å². The SMILES string of the molecule is O=C1[C@@H]2[C@@H](C(=O)N1c1ccccc1)C1c3ccccc3C2(/C=N\O)c2ccccc21. The summed E-state index contributed by atoms with van der Waals surface area (Å²) in [5.41, 5.74) is 3.50. The number of carbonyl (C=O) groups excluding carboxylic acids is 2. The van der Waals surface area contributed by atoms with E-state index in [-0.39, 0.29) is 17.7 Å². The van der Waals surface area contributed by atoms with Gasteiger partial charge >= 0.3 is 0 Å². The topological polar surface area (TPSA) is 70.0 Å². The highest BCUT2D eigenvalue weighted by atomic mass is 16.4. The summed E-state index contributed by atoms with van der Waals surface area (Å²) >= 11 is 0. The average molecular weight is 394 g/mol. The van der Waals surface area contributed by atoms with Crippen molar-refractivity contribution in [1.29, 1.82) is 0 Å². The van der Waals surface area contributed by atoms with Gasteiger partial charge in [-0.3, -0.25) is 9.59 Å². The molecule has 0 radical (unpaired) electrons. The van der Waals surface area contributed by atoms with Crippen LogP contribution in [-0.2, 0) is 15.0 Å². The molecule has 30 heavy (non-hydrogen) atoms. The van der Waals surface area contributed by atoms with Gasteiger partial charge in [0.05, 0.1) is 29.2 Å². The zero-order valence-corrected chi connectivity index (χ0v) is 16.0. The van der Waals surface area contributed by atoms with Gasteiger partial charge in [0.25, 0.3) is 0 Å². The quantitative estimate of drug-likeness (QED) is 0.312. The number of oxime groups is 1. The molecule has 1 aliphatic heterocycles. The molecule has 1 saturated heterocycles. The molecule has 2 atom stereocenters. The van der Waals surface area contributed by atoms with Crippen LogP contribution in [-0.4, -0.2) is 23.2 Å². The number of para-hydroxylation sites is 1. The molecule has 5 heteroatoms. The van der Waals surface area contributed by atoms with Crippen LogP contribution in [0.3, 0.4) is 0 Å². The molecule has 1 fully saturated rings. The van der Waals surface area contributed by atoms with Crippen LogP contribution in [0, 0.1) is 11.8 Å². The number of carbonyl (C=O) groups is 2. The maximum absolute atomic E-state index is 13.8. The summed E-state index contributed by atoms with van der Waals surface area (Å²) in [5, 5.41) is 13.1. The molecule has 0 aromatic heterocycles. The van der Waals surface area contributed by atoms with Crippen LogP contribution < -0.4 is 4.90 Å². The lowest BCUT2D eigenvalue weighted by atomic mass is 9.47. The number of amides is 2. The van der Waals surface area contributed by atoms with Crippen LogP contribution in [0.1, 0.15) is 28.2 Å². The first-order valence-corrected chi connectivity index (χ1v) is 10.0. The lowest BCUT2D eigenvalue weighted by Gasteiger charge is -2.52. The van der Waals surface area contributed by atoms with Crippen molar-refractivity contribution in [1.82, 2.24) is 0 Å². The molecule has 7 rings (SSSR count). The lowest BCUT2D eigenvalue weighted by molar-refractivity contribution is -0.122. The molecular formula is C25H18N2O3. The number of rotatable bonds is 2. The highest BCUT2D eigenvalue weighted by Crippen LogP contribution is 2.63. The Morgan fingerprint density at radius 2 is 1.37 bits per heavy atom. The molecule has 3 aromatic carbocycles. The van der Waals surface area contributed by atoms with Crippen LogP contribution in [0.25, 0.3) is 0 Å². The minimum absolute atomic E-state index is 0.194. The smallest absolute Gasteiger partial charge is 0.239 e. The summed E-state index contributed by atoms with van der Waals surface area (Å²) in [6, 6.07) is 24.8. The minimum atomic E-state index is -0.988. The Morgan fingerprint density at radius 1 is 0.800 bits per heavy atom. The van der Waals surface area contributed by atoms with E-state index in [0.29, 0.717) is 5.69 Å². The highest BCUT2D eigenvalue weighted by Gasteiger charge is 2.68. The van der Waals surface area contributed by atoms with Crippen LogP contribution in [0.4, 0.5) is 5.69 Å². The first kappa shape index (κ1) is 17.2. The van der Waals surface area contributed by atoms with Gasteiger partial charge in [-0.1, -0.05) is 66.7 Å². The van der Waals surface area contributed by atoms with E-state index in [4.69, 9.17) is 0 Å². The third-order valence-corrected chi connectivity index (χ3v) is 6.96. The fourth-order valence-corrected chi connectivity index (χ4v) is 5.97. The molecule has 2 bridgehead atoms. The molecule has 1 heterocycles. The van der Waals surface area contributed by atoms with E-state index in [1.807, 2.05) is 66.7 Å². The average Bonchev–Trinajstić information content (AvgIpc) is 3.06. The number of benzene rings is 3. The maximum Gasteiger partial charge on any atom is 0.239 e. The van der Waals surface area contributed by atoms with E-state index in [1.165, 1.54) is 11.1 Å². The molecule has 3 aromatic rings. The third-order valence-electron chi connectivity index (χ3n) is 6.96. The van der Waals surface area contributed by atoms with E-state index in [2.05, 4.69) is 5.16 Å². The van der Waals surface area contributed by atoms with Crippen LogP contribution >= 0.6 is 0 Å². The Balaban J connectivity index is 1.68. The molecule has 146 valence electrons. The highest BCUT2D eigenvalue weighted by molar-refractivity contribution is 6.25. The molecule has 5 nitrogen and oxygen atoms in total. The standard InChI is InChI=1S/C25H18N2O3/c28-23-21-20-16-10-4-6-12-18(16)25(14-26-30,19-13-7-5-11-17(19)20)22(21)24(29)27(23)15-8-2-1-3-9-15/h1-14,20-22,30H/b26-14-/t20?,21-,22-,25?/m0/s1. The molecule has 3 aliphatic carbocycles. The van der Waals surface area contributed by atoms with Crippen molar-refractivity contribution in [2.45, 2.75) is 11.3 Å². The number of hydrogen-bond donors (Lipinski definition) is 1. The predicted octanol–water partition coefficient (Wildman–Crippen LogP) is 3.70. The Kier molecular flexibility index (Phi) is 3.37. The lowest BCUT2D eigenvalue weighted by Crippen LogP contribution is -2.54. The van der Waals surface area contributed by atoms with Crippen LogP contribution in [0.2, 0.25) is 0 Å². The normalized spacial score (nSPS) is 28.5. The Bertz CT molecular complexity index is 1190. The molecule has 1 N–H and O–H groups in total.